The van der Waals surface area contributed by atoms with E-state index in [1.165, 1.54) is 17.9 Å². The minimum absolute atomic E-state index is 0.0288. The van der Waals surface area contributed by atoms with Gasteiger partial charge >= 0.3 is 11.6 Å². The quantitative estimate of drug-likeness (QED) is 0.203. The molecule has 2 atom stereocenters. The van der Waals surface area contributed by atoms with Gasteiger partial charge in [-0.25, -0.2) is 13.6 Å². The van der Waals surface area contributed by atoms with Crippen LogP contribution >= 0.6 is 0 Å². The van der Waals surface area contributed by atoms with Crippen LogP contribution < -0.4 is 20.0 Å². The van der Waals surface area contributed by atoms with E-state index in [0.717, 1.165) is 38.9 Å². The SMILES string of the molecule is COCOc1cc(-c2oc(=O)c3c(N4CCC4)nc(OC[C@@]45CCCN4C[C@H](F)C5)nc3c2C)c2c(-c3cn(C)nn3)c(F)ccc2c1. The van der Waals surface area contributed by atoms with Crippen LogP contribution in [0.1, 0.15) is 31.2 Å². The van der Waals surface area contributed by atoms with E-state index in [0.29, 0.717) is 57.6 Å². The molecule has 0 radical (unpaired) electrons. The molecule has 250 valence electrons. The molecular weight excluding hydrogens is 624 g/mol. The number of nitrogens with zero attached hydrogens (tertiary/aromatic N) is 7. The first kappa shape index (κ1) is 30.6. The smallest absolute Gasteiger partial charge is 0.349 e. The lowest BCUT2D eigenvalue weighted by Gasteiger charge is -2.33. The van der Waals surface area contributed by atoms with Gasteiger partial charge in [-0.1, -0.05) is 11.3 Å². The van der Waals surface area contributed by atoms with Crippen LogP contribution in [0.5, 0.6) is 11.8 Å². The molecular formula is C34H35F2N7O5. The maximum absolute atomic E-state index is 15.7. The van der Waals surface area contributed by atoms with Gasteiger partial charge in [0.15, 0.2) is 12.6 Å². The van der Waals surface area contributed by atoms with Gasteiger partial charge in [0.25, 0.3) is 0 Å². The van der Waals surface area contributed by atoms with Gasteiger partial charge < -0.3 is 23.5 Å². The highest BCUT2D eigenvalue weighted by Crippen LogP contribution is 2.43. The lowest BCUT2D eigenvalue weighted by atomic mass is 9.93. The van der Waals surface area contributed by atoms with Crippen LogP contribution in [0, 0.1) is 12.7 Å². The zero-order chi connectivity index (χ0) is 33.2. The highest BCUT2D eigenvalue weighted by molar-refractivity contribution is 6.07. The number of alkyl halides is 1. The van der Waals surface area contributed by atoms with Crippen molar-refractivity contribution in [1.29, 1.82) is 0 Å². The van der Waals surface area contributed by atoms with Gasteiger partial charge in [-0.05, 0) is 56.3 Å². The summed E-state index contributed by atoms with van der Waals surface area (Å²) in [4.78, 5) is 27.6. The topological polar surface area (TPSA) is 121 Å². The Bertz CT molecular complexity index is 2120. The molecule has 3 aliphatic rings. The molecule has 3 aromatic heterocycles. The molecule has 3 fully saturated rings. The number of anilines is 1. The second kappa shape index (κ2) is 11.8. The molecule has 0 amide bonds. The summed E-state index contributed by atoms with van der Waals surface area (Å²) in [5, 5.41) is 9.54. The molecule has 14 heteroatoms. The Balaban J connectivity index is 1.32. The van der Waals surface area contributed by atoms with Crippen LogP contribution in [0.4, 0.5) is 14.6 Å². The maximum Gasteiger partial charge on any atom is 0.349 e. The maximum atomic E-state index is 15.7. The van der Waals surface area contributed by atoms with Crippen molar-refractivity contribution >= 4 is 27.5 Å². The molecule has 48 heavy (non-hydrogen) atoms. The number of rotatable bonds is 9. The van der Waals surface area contributed by atoms with Crippen molar-refractivity contribution in [2.45, 2.75) is 44.3 Å². The fourth-order valence-corrected chi connectivity index (χ4v) is 7.46. The number of aryl methyl sites for hydroxylation is 2. The molecule has 0 unspecified atom stereocenters. The number of ether oxygens (including phenoxy) is 3. The van der Waals surface area contributed by atoms with Gasteiger partial charge in [0, 0.05) is 62.3 Å². The molecule has 0 aliphatic carbocycles. The van der Waals surface area contributed by atoms with Gasteiger partial charge in [-0.2, -0.15) is 9.97 Å². The van der Waals surface area contributed by atoms with Crippen LogP contribution in [-0.2, 0) is 11.8 Å². The molecule has 3 aliphatic heterocycles. The largest absolute Gasteiger partial charge is 0.468 e. The Kier molecular flexibility index (Phi) is 7.51. The Labute approximate surface area is 274 Å². The first-order valence-electron chi connectivity index (χ1n) is 16.1. The van der Waals surface area contributed by atoms with Crippen molar-refractivity contribution in [2.75, 3.05) is 51.6 Å². The number of methoxy groups -OCH3 is 1. The van der Waals surface area contributed by atoms with Gasteiger partial charge in [-0.3, -0.25) is 9.58 Å². The molecule has 0 N–H and O–H groups in total. The predicted octanol–water partition coefficient (Wildman–Crippen LogP) is 4.79. The number of aromatic nitrogens is 5. The van der Waals surface area contributed by atoms with Crippen LogP contribution in [0.3, 0.4) is 0 Å². The third-order valence-corrected chi connectivity index (χ3v) is 9.84. The normalized spacial score (nSPS) is 20.9. The second-order valence-corrected chi connectivity index (χ2v) is 12.9. The Morgan fingerprint density at radius 1 is 1.10 bits per heavy atom. The minimum atomic E-state index is -0.896. The molecule has 0 spiro atoms. The van der Waals surface area contributed by atoms with Crippen molar-refractivity contribution in [3.63, 3.8) is 0 Å². The van der Waals surface area contributed by atoms with E-state index in [1.54, 1.807) is 38.4 Å². The molecule has 0 saturated carbocycles. The number of fused-ring (bicyclic) bond motifs is 3. The molecule has 2 aromatic carbocycles. The molecule has 0 bridgehead atoms. The summed E-state index contributed by atoms with van der Waals surface area (Å²) >= 11 is 0. The predicted molar refractivity (Wildman–Crippen MR) is 174 cm³/mol. The van der Waals surface area contributed by atoms with Crippen molar-refractivity contribution in [1.82, 2.24) is 29.9 Å². The van der Waals surface area contributed by atoms with Crippen molar-refractivity contribution in [2.24, 2.45) is 7.05 Å². The van der Waals surface area contributed by atoms with Crippen LogP contribution in [0.15, 0.2) is 39.7 Å². The molecule has 12 nitrogen and oxygen atoms in total. The Hall–Kier alpha value is -4.69. The standard InChI is InChI=1S/C34H35F2N7O5/c1-19-29-28(31(42-9-5-10-42)38-33(37-29)46-17-34-8-4-11-43(34)15-21(35)14-34)32(44)48-30(19)23-13-22(47-18-45-3)12-20-6-7-24(36)27(26(20)23)25-16-41(2)40-39-25/h6-7,12-13,16,21H,4-5,8-11,14-15,17-18H2,1-3H3/t21-,34+/m1/s1. The third kappa shape index (κ3) is 5.05. The van der Waals surface area contributed by atoms with E-state index in [1.807, 2.05) is 4.90 Å². The highest BCUT2D eigenvalue weighted by atomic mass is 19.1. The first-order chi connectivity index (χ1) is 23.2. The van der Waals surface area contributed by atoms with Crippen LogP contribution in [0.2, 0.25) is 0 Å². The molecule has 5 aromatic rings. The van der Waals surface area contributed by atoms with Crippen molar-refractivity contribution < 1.29 is 27.4 Å². The average Bonchev–Trinajstić information content (AvgIpc) is 3.73. The lowest BCUT2D eigenvalue weighted by Crippen LogP contribution is -2.43. The first-order valence-corrected chi connectivity index (χ1v) is 16.1. The second-order valence-electron chi connectivity index (χ2n) is 12.9. The zero-order valence-electron chi connectivity index (χ0n) is 27.0. The fraction of sp³-hybridized carbons (Fsp3) is 0.441. The van der Waals surface area contributed by atoms with E-state index >= 15 is 4.39 Å². The van der Waals surface area contributed by atoms with Gasteiger partial charge in [0.05, 0.1) is 17.3 Å². The van der Waals surface area contributed by atoms with Gasteiger partial charge in [-0.15, -0.1) is 5.10 Å². The summed E-state index contributed by atoms with van der Waals surface area (Å²) in [7, 11) is 3.21. The number of halogens is 2. The summed E-state index contributed by atoms with van der Waals surface area (Å²) in [6.45, 7) is 4.70. The summed E-state index contributed by atoms with van der Waals surface area (Å²) in [6.07, 6.45) is 3.91. The summed E-state index contributed by atoms with van der Waals surface area (Å²) in [5.41, 5.74) is 0.779. The van der Waals surface area contributed by atoms with Gasteiger partial charge in [0.2, 0.25) is 0 Å². The summed E-state index contributed by atoms with van der Waals surface area (Å²) in [5.74, 6) is 0.534. The van der Waals surface area contributed by atoms with E-state index < -0.39 is 23.2 Å². The van der Waals surface area contributed by atoms with E-state index in [-0.39, 0.29) is 36.1 Å². The Morgan fingerprint density at radius 3 is 2.71 bits per heavy atom. The monoisotopic (exact) mass is 659 g/mol. The molecule has 3 saturated heterocycles. The van der Waals surface area contributed by atoms with Crippen molar-refractivity contribution in [3.05, 3.63) is 52.3 Å². The minimum Gasteiger partial charge on any atom is -0.468 e. The third-order valence-electron chi connectivity index (χ3n) is 9.84. The lowest BCUT2D eigenvalue weighted by molar-refractivity contribution is 0.0512. The molecule has 6 heterocycles. The van der Waals surface area contributed by atoms with E-state index in [9.17, 15) is 9.18 Å². The number of benzene rings is 2. The highest BCUT2D eigenvalue weighted by Gasteiger charge is 2.49. The van der Waals surface area contributed by atoms with Crippen LogP contribution in [0.25, 0.3) is 44.3 Å². The van der Waals surface area contributed by atoms with Crippen LogP contribution in [-0.4, -0.2) is 88.3 Å². The summed E-state index contributed by atoms with van der Waals surface area (Å²) in [6, 6.07) is 6.55. The Morgan fingerprint density at radius 2 is 1.96 bits per heavy atom. The molecule has 8 rings (SSSR count). The van der Waals surface area contributed by atoms with Gasteiger partial charge in [0.1, 0.15) is 41.2 Å². The van der Waals surface area contributed by atoms with E-state index in [2.05, 4.69) is 15.2 Å². The number of hydrogen-bond donors (Lipinski definition) is 0. The van der Waals surface area contributed by atoms with Crippen molar-refractivity contribution in [3.8, 4) is 34.3 Å². The summed E-state index contributed by atoms with van der Waals surface area (Å²) < 4.78 is 55.1. The zero-order valence-corrected chi connectivity index (χ0v) is 27.0. The fourth-order valence-electron chi connectivity index (χ4n) is 7.46. The average molecular weight is 660 g/mol. The number of hydrogen-bond acceptors (Lipinski definition) is 11. The van der Waals surface area contributed by atoms with E-state index in [4.69, 9.17) is 28.6 Å².